The van der Waals surface area contributed by atoms with Gasteiger partial charge in [0.1, 0.15) is 5.82 Å². The Bertz CT molecular complexity index is 1120. The van der Waals surface area contributed by atoms with E-state index in [0.29, 0.717) is 21.4 Å². The molecule has 29 heavy (non-hydrogen) atoms. The molecule has 0 saturated heterocycles. The number of nitrogens with zero attached hydrogens (tertiary/aromatic N) is 1. The number of hydrogen-bond acceptors (Lipinski definition) is 4. The van der Waals surface area contributed by atoms with Crippen molar-refractivity contribution in [1.82, 2.24) is 10.0 Å². The molecule has 1 amide bonds. The number of sulfonamides is 1. The number of hydrogen-bond donors (Lipinski definition) is 2. The quantitative estimate of drug-likeness (QED) is 0.454. The van der Waals surface area contributed by atoms with Gasteiger partial charge in [0.15, 0.2) is 12.4 Å². The molecule has 0 aliphatic rings. The Morgan fingerprint density at radius 1 is 0.966 bits per heavy atom. The molecule has 2 aromatic carbocycles. The van der Waals surface area contributed by atoms with E-state index in [4.69, 9.17) is 0 Å². The van der Waals surface area contributed by atoms with Gasteiger partial charge in [-0.3, -0.25) is 4.79 Å². The molecule has 0 spiro atoms. The third-order valence-corrected chi connectivity index (χ3v) is 5.48. The second-order valence-corrected chi connectivity index (χ2v) is 8.00. The zero-order valence-corrected chi connectivity index (χ0v) is 16.0. The molecule has 0 saturated carbocycles. The standard InChI is InChI=1S/C20H18FN3O4S/c21-18-5-1-3-15(11-18)14-23-29(27,28)19-6-2-4-16(12-19)13-22-20(25)17-7-9-24(26)10-8-17/h1-12,23H,13-14H2,(H,22,25). The normalized spacial score (nSPS) is 11.2. The van der Waals surface area contributed by atoms with Crippen molar-refractivity contribution in [3.8, 4) is 0 Å². The summed E-state index contributed by atoms with van der Waals surface area (Å²) in [5.41, 5.74) is 1.40. The highest BCUT2D eigenvalue weighted by atomic mass is 32.2. The third kappa shape index (κ3) is 5.59. The van der Waals surface area contributed by atoms with Gasteiger partial charge in [0.2, 0.25) is 10.0 Å². The number of rotatable bonds is 7. The second kappa shape index (κ2) is 8.80. The van der Waals surface area contributed by atoms with Crippen molar-refractivity contribution in [2.45, 2.75) is 18.0 Å². The number of nitrogens with one attached hydrogen (secondary N) is 2. The monoisotopic (exact) mass is 415 g/mol. The minimum atomic E-state index is -3.81. The van der Waals surface area contributed by atoms with Crippen LogP contribution >= 0.6 is 0 Å². The zero-order valence-electron chi connectivity index (χ0n) is 15.2. The number of pyridine rings is 1. The Hall–Kier alpha value is -3.30. The first kappa shape index (κ1) is 20.4. The Morgan fingerprint density at radius 2 is 1.62 bits per heavy atom. The number of carbonyl (C=O) groups is 1. The predicted octanol–water partition coefficient (Wildman–Crippen LogP) is 1.87. The fourth-order valence-corrected chi connectivity index (χ4v) is 3.67. The topological polar surface area (TPSA) is 102 Å². The maximum absolute atomic E-state index is 13.2. The molecule has 0 fully saturated rings. The molecule has 2 N–H and O–H groups in total. The minimum Gasteiger partial charge on any atom is -0.619 e. The highest BCUT2D eigenvalue weighted by Gasteiger charge is 2.15. The molecule has 0 atom stereocenters. The van der Waals surface area contributed by atoms with E-state index in [9.17, 15) is 22.8 Å². The van der Waals surface area contributed by atoms with Crippen LogP contribution in [0.4, 0.5) is 4.39 Å². The molecule has 3 rings (SSSR count). The van der Waals surface area contributed by atoms with Crippen molar-refractivity contribution in [2.75, 3.05) is 0 Å². The molecular formula is C20H18FN3O4S. The van der Waals surface area contributed by atoms with Crippen LogP contribution in [0, 0.1) is 11.0 Å². The summed E-state index contributed by atoms with van der Waals surface area (Å²) in [6, 6.07) is 14.6. The first-order chi connectivity index (χ1) is 13.8. The summed E-state index contributed by atoms with van der Waals surface area (Å²) >= 11 is 0. The van der Waals surface area contributed by atoms with Crippen molar-refractivity contribution in [2.24, 2.45) is 0 Å². The summed E-state index contributed by atoms with van der Waals surface area (Å²) in [6.07, 6.45) is 2.43. The molecule has 1 aromatic heterocycles. The number of amides is 1. The molecular weight excluding hydrogens is 397 g/mol. The van der Waals surface area contributed by atoms with Gasteiger partial charge in [0.05, 0.1) is 10.5 Å². The van der Waals surface area contributed by atoms with Crippen molar-refractivity contribution in [1.29, 1.82) is 0 Å². The van der Waals surface area contributed by atoms with E-state index in [0.717, 1.165) is 0 Å². The average Bonchev–Trinajstić information content (AvgIpc) is 2.71. The zero-order chi connectivity index (χ0) is 20.9. The lowest BCUT2D eigenvalue weighted by molar-refractivity contribution is -0.605. The first-order valence-electron chi connectivity index (χ1n) is 8.63. The largest absolute Gasteiger partial charge is 0.619 e. The predicted molar refractivity (Wildman–Crippen MR) is 103 cm³/mol. The summed E-state index contributed by atoms with van der Waals surface area (Å²) in [5.74, 6) is -0.828. The molecule has 150 valence electrons. The van der Waals surface area contributed by atoms with Crippen LogP contribution in [0.3, 0.4) is 0 Å². The molecule has 0 radical (unpaired) electrons. The molecule has 0 bridgehead atoms. The molecule has 7 nitrogen and oxygen atoms in total. The lowest BCUT2D eigenvalue weighted by atomic mass is 10.2. The van der Waals surface area contributed by atoms with Gasteiger partial charge in [-0.15, -0.1) is 0 Å². The number of halogens is 1. The van der Waals surface area contributed by atoms with Gasteiger partial charge in [-0.1, -0.05) is 24.3 Å². The average molecular weight is 415 g/mol. The van der Waals surface area contributed by atoms with Crippen LogP contribution in [-0.2, 0) is 23.1 Å². The van der Waals surface area contributed by atoms with Crippen LogP contribution in [0.15, 0.2) is 78.0 Å². The highest BCUT2D eigenvalue weighted by molar-refractivity contribution is 7.89. The van der Waals surface area contributed by atoms with Crippen molar-refractivity contribution >= 4 is 15.9 Å². The van der Waals surface area contributed by atoms with Gasteiger partial charge in [-0.25, -0.2) is 17.5 Å². The molecule has 0 aliphatic carbocycles. The Morgan fingerprint density at radius 3 is 2.31 bits per heavy atom. The van der Waals surface area contributed by atoms with E-state index >= 15 is 0 Å². The molecule has 9 heteroatoms. The maximum Gasteiger partial charge on any atom is 0.252 e. The van der Waals surface area contributed by atoms with Gasteiger partial charge in [0, 0.05) is 25.2 Å². The van der Waals surface area contributed by atoms with Crippen LogP contribution < -0.4 is 14.8 Å². The van der Waals surface area contributed by atoms with E-state index in [1.807, 2.05) is 0 Å². The van der Waals surface area contributed by atoms with Crippen LogP contribution in [0.2, 0.25) is 0 Å². The molecule has 0 unspecified atom stereocenters. The van der Waals surface area contributed by atoms with Crippen LogP contribution in [0.25, 0.3) is 0 Å². The van der Waals surface area contributed by atoms with E-state index in [1.54, 1.807) is 18.2 Å². The van der Waals surface area contributed by atoms with Crippen molar-refractivity contribution < 1.29 is 22.3 Å². The first-order valence-corrected chi connectivity index (χ1v) is 10.1. The Balaban J connectivity index is 1.64. The maximum atomic E-state index is 13.2. The number of aromatic nitrogens is 1. The SMILES string of the molecule is O=C(NCc1cccc(S(=O)(=O)NCc2cccc(F)c2)c1)c1cc[n+]([O-])cc1. The molecule has 0 aliphatic heterocycles. The van der Waals surface area contributed by atoms with E-state index in [-0.39, 0.29) is 23.9 Å². The minimum absolute atomic E-state index is 0.0350. The van der Waals surface area contributed by atoms with Gasteiger partial charge in [0.25, 0.3) is 5.91 Å². The van der Waals surface area contributed by atoms with Gasteiger partial charge < -0.3 is 10.5 Å². The Labute approximate surface area is 167 Å². The lowest BCUT2D eigenvalue weighted by Crippen LogP contribution is -2.27. The third-order valence-electron chi connectivity index (χ3n) is 4.08. The van der Waals surface area contributed by atoms with Gasteiger partial charge in [-0.2, -0.15) is 4.73 Å². The van der Waals surface area contributed by atoms with Gasteiger partial charge in [-0.05, 0) is 35.4 Å². The highest BCUT2D eigenvalue weighted by Crippen LogP contribution is 2.13. The van der Waals surface area contributed by atoms with Crippen LogP contribution in [-0.4, -0.2) is 14.3 Å². The van der Waals surface area contributed by atoms with Crippen molar-refractivity contribution in [3.05, 3.63) is 101 Å². The van der Waals surface area contributed by atoms with E-state index < -0.39 is 15.8 Å². The lowest BCUT2D eigenvalue weighted by Gasteiger charge is -2.10. The van der Waals surface area contributed by atoms with E-state index in [2.05, 4.69) is 10.0 Å². The van der Waals surface area contributed by atoms with Crippen LogP contribution in [0.1, 0.15) is 21.5 Å². The fourth-order valence-electron chi connectivity index (χ4n) is 2.58. The van der Waals surface area contributed by atoms with Crippen molar-refractivity contribution in [3.63, 3.8) is 0 Å². The summed E-state index contributed by atoms with van der Waals surface area (Å²) in [5, 5.41) is 13.7. The Kier molecular flexibility index (Phi) is 6.20. The smallest absolute Gasteiger partial charge is 0.252 e. The van der Waals surface area contributed by atoms with Crippen LogP contribution in [0.5, 0.6) is 0 Å². The summed E-state index contributed by atoms with van der Waals surface area (Å²) < 4.78 is 41.2. The summed E-state index contributed by atoms with van der Waals surface area (Å²) in [7, 11) is -3.81. The molecule has 1 heterocycles. The fraction of sp³-hybridized carbons (Fsp3) is 0.100. The number of benzene rings is 2. The van der Waals surface area contributed by atoms with Gasteiger partial charge >= 0.3 is 0 Å². The number of carbonyl (C=O) groups excluding carboxylic acids is 1. The second-order valence-electron chi connectivity index (χ2n) is 6.23. The molecule has 3 aromatic rings. The summed E-state index contributed by atoms with van der Waals surface area (Å²) in [4.78, 5) is 12.1. The van der Waals surface area contributed by atoms with E-state index in [1.165, 1.54) is 54.9 Å². The summed E-state index contributed by atoms with van der Waals surface area (Å²) in [6.45, 7) is 0.0626.